The first-order valence-corrected chi connectivity index (χ1v) is 14.2. The first-order valence-electron chi connectivity index (χ1n) is 12.7. The smallest absolute Gasteiger partial charge is 0.422 e. The minimum atomic E-state index is -5.23. The van der Waals surface area contributed by atoms with Crippen molar-refractivity contribution in [3.8, 4) is 11.5 Å². The first-order chi connectivity index (χ1) is 18.9. The number of aliphatic hydroxyl groups is 1. The fourth-order valence-electron chi connectivity index (χ4n) is 4.67. The number of ether oxygens (including phenoxy) is 2. The Bertz CT molecular complexity index is 1410. The third-order valence-electron chi connectivity index (χ3n) is 7.17. The van der Waals surface area contributed by atoms with Gasteiger partial charge in [0.15, 0.2) is 16.7 Å². The molecule has 1 aromatic carbocycles. The van der Waals surface area contributed by atoms with Crippen molar-refractivity contribution in [3.05, 3.63) is 51.3 Å². The molecule has 1 aromatic heterocycles. The molecule has 2 aromatic rings. The number of halogens is 4. The average Bonchev–Trinajstić information content (AvgIpc) is 3.21. The lowest BCUT2D eigenvalue weighted by molar-refractivity contribution is -0.270. The van der Waals surface area contributed by atoms with Gasteiger partial charge in [0.25, 0.3) is 0 Å². The molecule has 0 radical (unpaired) electrons. The molecular formula is C27H31ClF3N3O6S. The van der Waals surface area contributed by atoms with Gasteiger partial charge in [-0.2, -0.15) is 13.2 Å². The van der Waals surface area contributed by atoms with Crippen molar-refractivity contribution in [2.75, 3.05) is 13.7 Å². The zero-order chi connectivity index (χ0) is 30.5. The van der Waals surface area contributed by atoms with E-state index in [-0.39, 0.29) is 48.1 Å². The summed E-state index contributed by atoms with van der Waals surface area (Å²) in [5, 5.41) is 13.3. The summed E-state index contributed by atoms with van der Waals surface area (Å²) in [5.74, 6) is -0.594. The number of benzene rings is 1. The number of hydrogen-bond donors (Lipinski definition) is 3. The van der Waals surface area contributed by atoms with Gasteiger partial charge < -0.3 is 19.9 Å². The molecule has 0 aliphatic carbocycles. The van der Waals surface area contributed by atoms with Crippen LogP contribution in [0.4, 0.5) is 13.2 Å². The number of carbonyl (C=O) groups is 2. The van der Waals surface area contributed by atoms with Crippen LogP contribution in [0.25, 0.3) is 0 Å². The SMILES string of the molecule is COc1cc(C(=O)CCC(O)(c2cc3c(c(Cl)n2)OCC3(C)NS(=O)C(C)(C)C)C(F)(F)F)cc2c1CC(=O)NC2. The largest absolute Gasteiger partial charge is 0.496 e. The number of aromatic nitrogens is 1. The van der Waals surface area contributed by atoms with Crippen LogP contribution >= 0.6 is 11.6 Å². The number of amides is 1. The van der Waals surface area contributed by atoms with Crippen molar-refractivity contribution < 1.29 is 41.5 Å². The second-order valence-electron chi connectivity index (χ2n) is 11.3. The number of Topliss-reactive ketones (excluding diaryl/α,β-unsaturated/α-hetero) is 1. The van der Waals surface area contributed by atoms with Gasteiger partial charge in [-0.15, -0.1) is 0 Å². The second-order valence-corrected chi connectivity index (χ2v) is 13.7. The quantitative estimate of drug-likeness (QED) is 0.302. The second kappa shape index (κ2) is 10.8. The van der Waals surface area contributed by atoms with E-state index < -0.39 is 62.5 Å². The molecule has 14 heteroatoms. The zero-order valence-electron chi connectivity index (χ0n) is 23.1. The van der Waals surface area contributed by atoms with E-state index in [1.165, 1.54) is 19.2 Å². The highest BCUT2D eigenvalue weighted by atomic mass is 35.5. The third-order valence-corrected chi connectivity index (χ3v) is 9.17. The molecule has 0 fully saturated rings. The van der Waals surface area contributed by atoms with Gasteiger partial charge in [0.05, 0.1) is 40.5 Å². The van der Waals surface area contributed by atoms with Crippen LogP contribution in [0.5, 0.6) is 11.5 Å². The van der Waals surface area contributed by atoms with Gasteiger partial charge in [-0.05, 0) is 57.9 Å². The fraction of sp³-hybridized carbons (Fsp3) is 0.519. The Morgan fingerprint density at radius 2 is 1.98 bits per heavy atom. The Balaban J connectivity index is 1.66. The lowest BCUT2D eigenvalue weighted by Gasteiger charge is -2.32. The van der Waals surface area contributed by atoms with Crippen molar-refractivity contribution >= 4 is 34.3 Å². The third kappa shape index (κ3) is 5.95. The predicted molar refractivity (Wildman–Crippen MR) is 145 cm³/mol. The number of pyridine rings is 1. The maximum atomic E-state index is 14.5. The number of alkyl halides is 3. The maximum absolute atomic E-state index is 14.5. The van der Waals surface area contributed by atoms with E-state index in [4.69, 9.17) is 21.1 Å². The van der Waals surface area contributed by atoms with Crippen LogP contribution in [-0.2, 0) is 39.9 Å². The van der Waals surface area contributed by atoms with Crippen molar-refractivity contribution in [2.24, 2.45) is 0 Å². The number of nitrogens with one attached hydrogen (secondary N) is 2. The van der Waals surface area contributed by atoms with E-state index in [1.807, 2.05) is 0 Å². The number of rotatable bonds is 8. The molecule has 3 unspecified atom stereocenters. The number of carbonyl (C=O) groups excluding carboxylic acids is 2. The van der Waals surface area contributed by atoms with E-state index in [0.29, 0.717) is 11.1 Å². The summed E-state index contributed by atoms with van der Waals surface area (Å²) in [7, 11) is -0.252. The van der Waals surface area contributed by atoms with E-state index in [1.54, 1.807) is 27.7 Å². The summed E-state index contributed by atoms with van der Waals surface area (Å²) in [5.41, 5.74) is -4.11. The highest BCUT2D eigenvalue weighted by Crippen LogP contribution is 2.47. The molecule has 2 aliphatic rings. The number of ketones is 1. The molecule has 4 rings (SSSR count). The van der Waals surface area contributed by atoms with Crippen molar-refractivity contribution in [3.63, 3.8) is 0 Å². The molecule has 224 valence electrons. The van der Waals surface area contributed by atoms with Crippen LogP contribution in [0.15, 0.2) is 18.2 Å². The molecule has 3 heterocycles. The molecule has 0 spiro atoms. The molecule has 41 heavy (non-hydrogen) atoms. The van der Waals surface area contributed by atoms with Gasteiger partial charge in [-0.3, -0.25) is 9.59 Å². The molecule has 3 N–H and O–H groups in total. The molecule has 0 saturated heterocycles. The normalized spacial score (nSPS) is 20.8. The maximum Gasteiger partial charge on any atom is 0.422 e. The Kier molecular flexibility index (Phi) is 8.24. The lowest BCUT2D eigenvalue weighted by Crippen LogP contribution is -2.47. The van der Waals surface area contributed by atoms with Gasteiger partial charge in [0.1, 0.15) is 12.4 Å². The van der Waals surface area contributed by atoms with E-state index >= 15 is 0 Å². The van der Waals surface area contributed by atoms with Crippen LogP contribution in [0, 0.1) is 0 Å². The number of methoxy groups -OCH3 is 1. The Morgan fingerprint density at radius 3 is 2.59 bits per heavy atom. The fourth-order valence-corrected chi connectivity index (χ4v) is 5.80. The van der Waals surface area contributed by atoms with Gasteiger partial charge >= 0.3 is 6.18 Å². The predicted octanol–water partition coefficient (Wildman–Crippen LogP) is 3.99. The molecular weight excluding hydrogens is 587 g/mol. The number of nitrogens with zero attached hydrogens (tertiary/aromatic N) is 1. The summed E-state index contributed by atoms with van der Waals surface area (Å²) < 4.78 is 69.4. The van der Waals surface area contributed by atoms with Crippen molar-refractivity contribution in [1.29, 1.82) is 0 Å². The molecule has 2 aliphatic heterocycles. The molecule has 3 atom stereocenters. The number of hydrogen-bond acceptors (Lipinski definition) is 7. The highest BCUT2D eigenvalue weighted by Gasteiger charge is 2.57. The van der Waals surface area contributed by atoms with Gasteiger partial charge in [-0.1, -0.05) is 11.6 Å². The first kappa shape index (κ1) is 31.2. The Morgan fingerprint density at radius 1 is 1.29 bits per heavy atom. The standard InChI is InChI=1S/C27H31ClF3N3O6S/c1-24(2,3)41(38)34-25(4)13-40-22-17(25)11-20(33-23(22)28)26(37,27(29,30)31)7-6-18(35)14-8-15-12-32-21(36)10-16(15)19(9-14)39-5/h8-9,11,34,37H,6-7,10,12-13H2,1-5H3,(H,32,36). The van der Waals surface area contributed by atoms with Crippen LogP contribution in [0.1, 0.15) is 73.3 Å². The molecule has 1 amide bonds. The van der Waals surface area contributed by atoms with Crippen LogP contribution in [0.2, 0.25) is 5.15 Å². The van der Waals surface area contributed by atoms with Crippen molar-refractivity contribution in [1.82, 2.24) is 15.0 Å². The van der Waals surface area contributed by atoms with Gasteiger partial charge in [-0.25, -0.2) is 13.9 Å². The van der Waals surface area contributed by atoms with Crippen LogP contribution in [-0.4, -0.2) is 50.6 Å². The van der Waals surface area contributed by atoms with E-state index in [2.05, 4.69) is 15.0 Å². The Labute approximate surface area is 242 Å². The topological polar surface area (TPSA) is 127 Å². The summed E-state index contributed by atoms with van der Waals surface area (Å²) in [6.45, 7) is 6.85. The van der Waals surface area contributed by atoms with E-state index in [0.717, 1.165) is 6.07 Å². The van der Waals surface area contributed by atoms with Crippen LogP contribution < -0.4 is 19.5 Å². The van der Waals surface area contributed by atoms with Crippen LogP contribution in [0.3, 0.4) is 0 Å². The molecule has 0 saturated carbocycles. The van der Waals surface area contributed by atoms with Gasteiger partial charge in [0, 0.05) is 29.7 Å². The minimum Gasteiger partial charge on any atom is -0.496 e. The monoisotopic (exact) mass is 617 g/mol. The average molecular weight is 618 g/mol. The highest BCUT2D eigenvalue weighted by molar-refractivity contribution is 7.84. The summed E-state index contributed by atoms with van der Waals surface area (Å²) in [6, 6.07) is 3.91. The zero-order valence-corrected chi connectivity index (χ0v) is 24.7. The summed E-state index contributed by atoms with van der Waals surface area (Å²) >= 11 is 6.23. The van der Waals surface area contributed by atoms with E-state index in [9.17, 15) is 32.1 Å². The number of fused-ring (bicyclic) bond motifs is 2. The Hall–Kier alpha value is -2.74. The summed E-state index contributed by atoms with van der Waals surface area (Å²) in [6.07, 6.45) is -6.92. The van der Waals surface area contributed by atoms with Crippen molar-refractivity contribution in [2.45, 2.75) is 75.6 Å². The lowest BCUT2D eigenvalue weighted by atomic mass is 9.86. The molecule has 0 bridgehead atoms. The minimum absolute atomic E-state index is 0.0187. The molecule has 9 nitrogen and oxygen atoms in total. The summed E-state index contributed by atoms with van der Waals surface area (Å²) in [4.78, 5) is 28.7. The van der Waals surface area contributed by atoms with Gasteiger partial charge in [0.2, 0.25) is 11.5 Å².